The first-order valence-electron chi connectivity index (χ1n) is 6.90. The lowest BCUT2D eigenvalue weighted by molar-refractivity contribution is 0.450. The first kappa shape index (κ1) is 16.2. The van der Waals surface area contributed by atoms with Crippen molar-refractivity contribution in [2.24, 2.45) is 0 Å². The van der Waals surface area contributed by atoms with Gasteiger partial charge in [-0.2, -0.15) is 5.26 Å². The van der Waals surface area contributed by atoms with Crippen molar-refractivity contribution < 1.29 is 8.42 Å². The highest BCUT2D eigenvalue weighted by molar-refractivity contribution is 7.89. The van der Waals surface area contributed by atoms with Crippen molar-refractivity contribution in [3.8, 4) is 6.07 Å². The topological polar surface area (TPSA) is 70.0 Å². The van der Waals surface area contributed by atoms with Gasteiger partial charge < -0.3 is 0 Å². The van der Waals surface area contributed by atoms with E-state index in [-0.39, 0.29) is 4.90 Å². The van der Waals surface area contributed by atoms with Gasteiger partial charge in [0.1, 0.15) is 0 Å². The zero-order valence-corrected chi connectivity index (χ0v) is 13.4. The number of benzene rings is 2. The van der Waals surface area contributed by atoms with Gasteiger partial charge in [-0.05, 0) is 50.1 Å². The van der Waals surface area contributed by atoms with Gasteiger partial charge in [0, 0.05) is 5.54 Å². The molecule has 0 atom stereocenters. The number of rotatable bonds is 5. The summed E-state index contributed by atoms with van der Waals surface area (Å²) in [4.78, 5) is 0.160. The molecule has 2 aromatic carbocycles. The van der Waals surface area contributed by atoms with Crippen molar-refractivity contribution in [2.75, 3.05) is 0 Å². The van der Waals surface area contributed by atoms with Crippen LogP contribution in [-0.2, 0) is 16.4 Å². The molecular formula is C17H18N2O2S. The van der Waals surface area contributed by atoms with E-state index in [1.165, 1.54) is 24.3 Å². The van der Waals surface area contributed by atoms with E-state index in [2.05, 4.69) is 4.72 Å². The van der Waals surface area contributed by atoms with Crippen LogP contribution in [0.3, 0.4) is 0 Å². The maximum atomic E-state index is 12.4. The largest absolute Gasteiger partial charge is 0.241 e. The third-order valence-corrected chi connectivity index (χ3v) is 4.91. The normalized spacial score (nSPS) is 11.9. The van der Waals surface area contributed by atoms with Crippen LogP contribution in [0.1, 0.15) is 25.0 Å². The van der Waals surface area contributed by atoms with Gasteiger partial charge in [-0.3, -0.25) is 0 Å². The summed E-state index contributed by atoms with van der Waals surface area (Å²) >= 11 is 0. The van der Waals surface area contributed by atoms with E-state index in [4.69, 9.17) is 5.26 Å². The molecule has 22 heavy (non-hydrogen) atoms. The quantitative estimate of drug-likeness (QED) is 0.922. The zero-order chi connectivity index (χ0) is 16.2. The summed E-state index contributed by atoms with van der Waals surface area (Å²) in [6.45, 7) is 3.70. The van der Waals surface area contributed by atoms with Crippen LogP contribution in [0.2, 0.25) is 0 Å². The maximum absolute atomic E-state index is 12.4. The third kappa shape index (κ3) is 4.17. The maximum Gasteiger partial charge on any atom is 0.241 e. The molecule has 2 rings (SSSR count). The zero-order valence-electron chi connectivity index (χ0n) is 12.6. The van der Waals surface area contributed by atoms with Crippen molar-refractivity contribution in [2.45, 2.75) is 30.7 Å². The van der Waals surface area contributed by atoms with E-state index in [1.807, 2.05) is 50.2 Å². The molecule has 114 valence electrons. The molecule has 0 fully saturated rings. The predicted molar refractivity (Wildman–Crippen MR) is 85.7 cm³/mol. The van der Waals surface area contributed by atoms with Crippen LogP contribution < -0.4 is 4.72 Å². The lowest BCUT2D eigenvalue weighted by Crippen LogP contribution is -2.44. The Balaban J connectivity index is 2.17. The molecule has 0 aliphatic heterocycles. The Morgan fingerprint density at radius 2 is 1.64 bits per heavy atom. The van der Waals surface area contributed by atoms with Gasteiger partial charge in [0.2, 0.25) is 10.0 Å². The Hall–Kier alpha value is -2.16. The van der Waals surface area contributed by atoms with Crippen molar-refractivity contribution in [3.63, 3.8) is 0 Å². The molecule has 4 nitrogen and oxygen atoms in total. The van der Waals surface area contributed by atoms with Crippen LogP contribution in [0.4, 0.5) is 0 Å². The molecule has 0 radical (unpaired) electrons. The molecule has 0 saturated heterocycles. The summed E-state index contributed by atoms with van der Waals surface area (Å²) in [5, 5.41) is 8.77. The third-order valence-electron chi connectivity index (χ3n) is 3.19. The highest BCUT2D eigenvalue weighted by atomic mass is 32.2. The van der Waals surface area contributed by atoms with Crippen molar-refractivity contribution >= 4 is 10.0 Å². The smallest absolute Gasteiger partial charge is 0.207 e. The summed E-state index contributed by atoms with van der Waals surface area (Å²) in [6.07, 6.45) is 0.587. The van der Waals surface area contributed by atoms with Crippen LogP contribution in [0.15, 0.2) is 59.5 Å². The van der Waals surface area contributed by atoms with Crippen LogP contribution in [0, 0.1) is 11.3 Å². The average Bonchev–Trinajstić information content (AvgIpc) is 2.46. The first-order valence-corrected chi connectivity index (χ1v) is 8.39. The monoisotopic (exact) mass is 314 g/mol. The molecule has 0 saturated carbocycles. The molecule has 0 aliphatic rings. The lowest BCUT2D eigenvalue weighted by Gasteiger charge is -2.26. The number of nitrogens with one attached hydrogen (secondary N) is 1. The molecule has 0 aromatic heterocycles. The number of nitriles is 1. The Bertz CT molecular complexity index is 774. The number of hydrogen-bond donors (Lipinski definition) is 1. The Morgan fingerprint density at radius 1 is 1.05 bits per heavy atom. The molecular weight excluding hydrogens is 296 g/mol. The Labute approximate surface area is 131 Å². The molecule has 5 heteroatoms. The molecule has 0 heterocycles. The van der Waals surface area contributed by atoms with Gasteiger partial charge in [-0.1, -0.05) is 30.3 Å². The second-order valence-electron chi connectivity index (χ2n) is 5.79. The summed E-state index contributed by atoms with van der Waals surface area (Å²) in [5.41, 5.74) is 0.881. The second kappa shape index (κ2) is 6.30. The number of hydrogen-bond acceptors (Lipinski definition) is 3. The van der Waals surface area contributed by atoms with E-state index in [9.17, 15) is 8.42 Å². The van der Waals surface area contributed by atoms with Gasteiger partial charge in [0.15, 0.2) is 0 Å². The van der Waals surface area contributed by atoms with Crippen LogP contribution in [0.5, 0.6) is 0 Å². The Morgan fingerprint density at radius 3 is 2.18 bits per heavy atom. The van der Waals surface area contributed by atoms with E-state index in [0.717, 1.165) is 5.56 Å². The van der Waals surface area contributed by atoms with E-state index in [0.29, 0.717) is 12.0 Å². The number of nitrogens with zero attached hydrogens (tertiary/aromatic N) is 1. The van der Waals surface area contributed by atoms with Gasteiger partial charge in [-0.25, -0.2) is 13.1 Å². The van der Waals surface area contributed by atoms with E-state index >= 15 is 0 Å². The van der Waals surface area contributed by atoms with E-state index < -0.39 is 15.6 Å². The molecule has 0 spiro atoms. The second-order valence-corrected chi connectivity index (χ2v) is 7.47. The standard InChI is InChI=1S/C17H18N2O2S/c1-17(2,12-14-6-4-3-5-7-14)19-22(20,21)16-10-8-15(13-18)9-11-16/h3-11,19H,12H2,1-2H3. The van der Waals surface area contributed by atoms with Crippen LogP contribution >= 0.6 is 0 Å². The summed E-state index contributed by atoms with van der Waals surface area (Å²) in [5.74, 6) is 0. The Kier molecular flexibility index (Phi) is 4.65. The summed E-state index contributed by atoms with van der Waals surface area (Å²) in [7, 11) is -3.62. The van der Waals surface area contributed by atoms with Crippen molar-refractivity contribution in [1.29, 1.82) is 5.26 Å². The highest BCUT2D eigenvalue weighted by Crippen LogP contribution is 2.17. The molecule has 1 N–H and O–H groups in total. The van der Waals surface area contributed by atoms with Gasteiger partial charge >= 0.3 is 0 Å². The van der Waals surface area contributed by atoms with Gasteiger partial charge in [0.25, 0.3) is 0 Å². The molecule has 0 unspecified atom stereocenters. The van der Waals surface area contributed by atoms with Gasteiger partial charge in [-0.15, -0.1) is 0 Å². The first-order chi connectivity index (χ1) is 10.3. The minimum Gasteiger partial charge on any atom is -0.207 e. The molecule has 0 bridgehead atoms. The average molecular weight is 314 g/mol. The fraction of sp³-hybridized carbons (Fsp3) is 0.235. The highest BCUT2D eigenvalue weighted by Gasteiger charge is 2.26. The fourth-order valence-electron chi connectivity index (χ4n) is 2.27. The predicted octanol–water partition coefficient (Wildman–Crippen LogP) is 2.86. The van der Waals surface area contributed by atoms with Gasteiger partial charge in [0.05, 0.1) is 16.5 Å². The molecule has 2 aromatic rings. The lowest BCUT2D eigenvalue weighted by atomic mass is 9.96. The molecule has 0 amide bonds. The van der Waals surface area contributed by atoms with Crippen LogP contribution in [-0.4, -0.2) is 14.0 Å². The van der Waals surface area contributed by atoms with E-state index in [1.54, 1.807) is 0 Å². The fourth-order valence-corrected chi connectivity index (χ4v) is 3.69. The minimum absolute atomic E-state index is 0.160. The molecule has 0 aliphatic carbocycles. The van der Waals surface area contributed by atoms with Crippen molar-refractivity contribution in [1.82, 2.24) is 4.72 Å². The summed E-state index contributed by atoms with van der Waals surface area (Å²) < 4.78 is 27.6. The van der Waals surface area contributed by atoms with Crippen LogP contribution in [0.25, 0.3) is 0 Å². The van der Waals surface area contributed by atoms with Crippen molar-refractivity contribution in [3.05, 3.63) is 65.7 Å². The minimum atomic E-state index is -3.62. The SMILES string of the molecule is CC(C)(Cc1ccccc1)NS(=O)(=O)c1ccc(C#N)cc1. The number of sulfonamides is 1. The summed E-state index contributed by atoms with van der Waals surface area (Å²) in [6, 6.07) is 17.6.